The van der Waals surface area contributed by atoms with Gasteiger partial charge in [-0.2, -0.15) is 0 Å². The van der Waals surface area contributed by atoms with E-state index in [1.165, 1.54) is 11.3 Å². The first-order valence-electron chi connectivity index (χ1n) is 7.85. The lowest BCUT2D eigenvalue weighted by Gasteiger charge is -2.35. The van der Waals surface area contributed by atoms with E-state index < -0.39 is 0 Å². The van der Waals surface area contributed by atoms with Crippen molar-refractivity contribution in [3.05, 3.63) is 29.8 Å². The predicted octanol–water partition coefficient (Wildman–Crippen LogP) is 1.89. The van der Waals surface area contributed by atoms with Crippen molar-refractivity contribution in [3.8, 4) is 0 Å². The molecular formula is C17H27N3O. The number of benzene rings is 1. The topological polar surface area (TPSA) is 35.6 Å². The Morgan fingerprint density at radius 1 is 1.24 bits per heavy atom. The smallest absolute Gasteiger partial charge is 0.234 e. The van der Waals surface area contributed by atoms with E-state index in [0.717, 1.165) is 32.7 Å². The molecule has 4 nitrogen and oxygen atoms in total. The molecule has 0 unspecified atom stereocenters. The van der Waals surface area contributed by atoms with Gasteiger partial charge in [0.2, 0.25) is 5.91 Å². The highest BCUT2D eigenvalue weighted by atomic mass is 16.2. The molecule has 0 aromatic heterocycles. The number of piperazine rings is 1. The van der Waals surface area contributed by atoms with Crippen LogP contribution in [0.2, 0.25) is 0 Å². The highest BCUT2D eigenvalue weighted by Crippen LogP contribution is 2.17. The van der Waals surface area contributed by atoms with Crippen LogP contribution in [0, 0.1) is 12.8 Å². The minimum Gasteiger partial charge on any atom is -0.369 e. The van der Waals surface area contributed by atoms with Gasteiger partial charge in [-0.15, -0.1) is 0 Å². The molecule has 1 aliphatic heterocycles. The summed E-state index contributed by atoms with van der Waals surface area (Å²) in [5, 5.41) is 2.99. The Morgan fingerprint density at radius 2 is 1.95 bits per heavy atom. The Morgan fingerprint density at radius 3 is 2.57 bits per heavy atom. The van der Waals surface area contributed by atoms with Gasteiger partial charge in [0.15, 0.2) is 0 Å². The van der Waals surface area contributed by atoms with Crippen molar-refractivity contribution in [3.63, 3.8) is 0 Å². The van der Waals surface area contributed by atoms with E-state index in [9.17, 15) is 4.79 Å². The Kier molecular flexibility index (Phi) is 5.62. The van der Waals surface area contributed by atoms with Gasteiger partial charge in [-0.05, 0) is 30.5 Å². The second-order valence-corrected chi connectivity index (χ2v) is 6.30. The quantitative estimate of drug-likeness (QED) is 0.899. The molecule has 1 aliphatic rings. The van der Waals surface area contributed by atoms with E-state index in [-0.39, 0.29) is 5.91 Å². The summed E-state index contributed by atoms with van der Waals surface area (Å²) in [6, 6.07) is 8.62. The fourth-order valence-electron chi connectivity index (χ4n) is 2.57. The molecule has 4 heteroatoms. The third-order valence-electron chi connectivity index (χ3n) is 3.81. The number of hydrogen-bond acceptors (Lipinski definition) is 3. The molecule has 0 saturated carbocycles. The third kappa shape index (κ3) is 5.05. The standard InChI is InChI=1S/C17H27N3O/c1-14(2)12-18-17(21)13-19-7-9-20(10-8-19)16-6-4-5-15(3)11-16/h4-6,11,14H,7-10,12-13H2,1-3H3,(H,18,21). The maximum atomic E-state index is 11.8. The van der Waals surface area contributed by atoms with Gasteiger partial charge in [-0.25, -0.2) is 0 Å². The number of carbonyl (C=O) groups is 1. The second kappa shape index (κ2) is 7.46. The molecule has 0 radical (unpaired) electrons. The van der Waals surface area contributed by atoms with Crippen LogP contribution in [-0.4, -0.2) is 50.1 Å². The molecular weight excluding hydrogens is 262 g/mol. The molecule has 0 spiro atoms. The van der Waals surface area contributed by atoms with Gasteiger partial charge in [0.05, 0.1) is 6.54 Å². The summed E-state index contributed by atoms with van der Waals surface area (Å²) in [5.41, 5.74) is 2.59. The number of carbonyl (C=O) groups excluding carboxylic acids is 1. The van der Waals surface area contributed by atoms with Crippen LogP contribution in [0.1, 0.15) is 19.4 Å². The molecule has 1 heterocycles. The van der Waals surface area contributed by atoms with Crippen LogP contribution in [0.25, 0.3) is 0 Å². The number of hydrogen-bond donors (Lipinski definition) is 1. The Labute approximate surface area is 128 Å². The SMILES string of the molecule is Cc1cccc(N2CCN(CC(=O)NCC(C)C)CC2)c1. The van der Waals surface area contributed by atoms with Crippen molar-refractivity contribution in [1.82, 2.24) is 10.2 Å². The fraction of sp³-hybridized carbons (Fsp3) is 0.588. The van der Waals surface area contributed by atoms with Crippen LogP contribution in [-0.2, 0) is 4.79 Å². The number of aryl methyl sites for hydroxylation is 1. The first kappa shape index (κ1) is 15.8. The van der Waals surface area contributed by atoms with E-state index in [1.807, 2.05) is 0 Å². The van der Waals surface area contributed by atoms with Gasteiger partial charge in [0.1, 0.15) is 0 Å². The number of nitrogens with one attached hydrogen (secondary N) is 1. The second-order valence-electron chi connectivity index (χ2n) is 6.30. The predicted molar refractivity (Wildman–Crippen MR) is 87.7 cm³/mol. The van der Waals surface area contributed by atoms with Crippen LogP contribution in [0.4, 0.5) is 5.69 Å². The minimum atomic E-state index is 0.146. The first-order valence-corrected chi connectivity index (χ1v) is 7.85. The minimum absolute atomic E-state index is 0.146. The zero-order valence-electron chi connectivity index (χ0n) is 13.4. The largest absolute Gasteiger partial charge is 0.369 e. The van der Waals surface area contributed by atoms with E-state index in [4.69, 9.17) is 0 Å². The van der Waals surface area contributed by atoms with Crippen molar-refractivity contribution in [2.24, 2.45) is 5.92 Å². The fourth-order valence-corrected chi connectivity index (χ4v) is 2.57. The first-order chi connectivity index (χ1) is 10.0. The Balaban J connectivity index is 1.77. The average Bonchev–Trinajstić information content (AvgIpc) is 2.46. The van der Waals surface area contributed by atoms with E-state index in [1.54, 1.807) is 0 Å². The van der Waals surface area contributed by atoms with Crippen molar-refractivity contribution >= 4 is 11.6 Å². The van der Waals surface area contributed by atoms with E-state index in [0.29, 0.717) is 12.5 Å². The average molecular weight is 289 g/mol. The normalized spacial score (nSPS) is 16.3. The number of nitrogens with zero attached hydrogens (tertiary/aromatic N) is 2. The molecule has 1 amide bonds. The van der Waals surface area contributed by atoms with Crippen LogP contribution < -0.4 is 10.2 Å². The van der Waals surface area contributed by atoms with Crippen LogP contribution in [0.15, 0.2) is 24.3 Å². The zero-order chi connectivity index (χ0) is 15.2. The summed E-state index contributed by atoms with van der Waals surface area (Å²) in [4.78, 5) is 16.5. The van der Waals surface area contributed by atoms with Crippen LogP contribution in [0.5, 0.6) is 0 Å². The maximum Gasteiger partial charge on any atom is 0.234 e. The zero-order valence-corrected chi connectivity index (χ0v) is 13.4. The van der Waals surface area contributed by atoms with E-state index in [2.05, 4.69) is 60.2 Å². The number of amides is 1. The highest BCUT2D eigenvalue weighted by molar-refractivity contribution is 5.78. The molecule has 21 heavy (non-hydrogen) atoms. The lowest BCUT2D eigenvalue weighted by Crippen LogP contribution is -2.49. The molecule has 2 rings (SSSR count). The van der Waals surface area contributed by atoms with Gasteiger partial charge in [-0.3, -0.25) is 9.69 Å². The van der Waals surface area contributed by atoms with Crippen molar-refractivity contribution in [2.75, 3.05) is 44.2 Å². The molecule has 0 aliphatic carbocycles. The van der Waals surface area contributed by atoms with Gasteiger partial charge in [0.25, 0.3) is 0 Å². The van der Waals surface area contributed by atoms with Crippen molar-refractivity contribution in [2.45, 2.75) is 20.8 Å². The molecule has 1 aromatic rings. The summed E-state index contributed by atoms with van der Waals surface area (Å²) in [5.74, 6) is 0.653. The molecule has 0 atom stereocenters. The molecule has 116 valence electrons. The molecule has 1 N–H and O–H groups in total. The van der Waals surface area contributed by atoms with Gasteiger partial charge in [0, 0.05) is 38.4 Å². The number of rotatable bonds is 5. The molecule has 1 aromatic carbocycles. The van der Waals surface area contributed by atoms with Crippen molar-refractivity contribution in [1.29, 1.82) is 0 Å². The van der Waals surface area contributed by atoms with Gasteiger partial charge >= 0.3 is 0 Å². The summed E-state index contributed by atoms with van der Waals surface area (Å²) >= 11 is 0. The summed E-state index contributed by atoms with van der Waals surface area (Å²) in [6.45, 7) is 11.5. The van der Waals surface area contributed by atoms with E-state index >= 15 is 0 Å². The lowest BCUT2D eigenvalue weighted by molar-refractivity contribution is -0.122. The van der Waals surface area contributed by atoms with Crippen LogP contribution in [0.3, 0.4) is 0 Å². The third-order valence-corrected chi connectivity index (χ3v) is 3.81. The Bertz CT molecular complexity index is 465. The highest BCUT2D eigenvalue weighted by Gasteiger charge is 2.19. The summed E-state index contributed by atoms with van der Waals surface area (Å²) in [7, 11) is 0. The maximum absolute atomic E-state index is 11.8. The monoisotopic (exact) mass is 289 g/mol. The van der Waals surface area contributed by atoms with Crippen molar-refractivity contribution < 1.29 is 4.79 Å². The summed E-state index contributed by atoms with van der Waals surface area (Å²) in [6.07, 6.45) is 0. The lowest BCUT2D eigenvalue weighted by atomic mass is 10.2. The summed E-state index contributed by atoms with van der Waals surface area (Å²) < 4.78 is 0. The number of anilines is 1. The molecule has 0 bridgehead atoms. The molecule has 1 saturated heterocycles. The van der Waals surface area contributed by atoms with Gasteiger partial charge in [-0.1, -0.05) is 26.0 Å². The van der Waals surface area contributed by atoms with Crippen LogP contribution >= 0.6 is 0 Å². The molecule has 1 fully saturated rings. The van der Waals surface area contributed by atoms with Gasteiger partial charge < -0.3 is 10.2 Å². The Hall–Kier alpha value is -1.55.